The Morgan fingerprint density at radius 1 is 1.09 bits per heavy atom. The molecule has 1 spiro atoms. The van der Waals surface area contributed by atoms with Gasteiger partial charge in [-0.2, -0.15) is 4.31 Å². The summed E-state index contributed by atoms with van der Waals surface area (Å²) >= 11 is 0. The summed E-state index contributed by atoms with van der Waals surface area (Å²) in [5.74, 6) is -0.255. The number of carbonyl (C=O) groups excluding carboxylic acids is 2. The summed E-state index contributed by atoms with van der Waals surface area (Å²) < 4.78 is 32.3. The lowest BCUT2D eigenvalue weighted by atomic mass is 9.73. The SMILES string of the molecule is COc1ccc(S(=O)(=O)N2CCN(CN3C(=O)CC4(CCCCC4)C3=O)CC2)cc1[N+](=O)[O-]. The number of ether oxygens (including phenoxy) is 1. The first-order valence-electron chi connectivity index (χ1n) is 11.1. The van der Waals surface area contributed by atoms with Crippen molar-refractivity contribution in [3.05, 3.63) is 28.3 Å². The lowest BCUT2D eigenvalue weighted by Gasteiger charge is -2.36. The van der Waals surface area contributed by atoms with Crippen LogP contribution in [-0.4, -0.2) is 79.2 Å². The zero-order valence-electron chi connectivity index (χ0n) is 18.6. The number of nitro groups is 1. The normalized spacial score (nSPS) is 22.2. The third kappa shape index (κ3) is 4.34. The molecule has 2 saturated heterocycles. The van der Waals surface area contributed by atoms with Crippen molar-refractivity contribution in [1.82, 2.24) is 14.1 Å². The fourth-order valence-electron chi connectivity index (χ4n) is 5.06. The maximum absolute atomic E-state index is 13.0. The number of benzene rings is 1. The zero-order valence-corrected chi connectivity index (χ0v) is 19.4. The minimum Gasteiger partial charge on any atom is -0.490 e. The molecular weight excluding hydrogens is 452 g/mol. The maximum Gasteiger partial charge on any atom is 0.312 e. The molecule has 0 aromatic heterocycles. The first kappa shape index (κ1) is 23.6. The molecule has 12 heteroatoms. The van der Waals surface area contributed by atoms with Crippen LogP contribution in [0.1, 0.15) is 38.5 Å². The molecule has 0 unspecified atom stereocenters. The topological polar surface area (TPSA) is 130 Å². The van der Waals surface area contributed by atoms with Crippen LogP contribution in [0, 0.1) is 15.5 Å². The molecule has 0 radical (unpaired) electrons. The number of likely N-dealkylation sites (tertiary alicyclic amines) is 1. The molecule has 0 atom stereocenters. The number of piperazine rings is 1. The van der Waals surface area contributed by atoms with Crippen molar-refractivity contribution in [2.75, 3.05) is 40.0 Å². The number of nitro benzene ring substituents is 1. The fraction of sp³-hybridized carbons (Fsp3) is 0.619. The summed E-state index contributed by atoms with van der Waals surface area (Å²) in [7, 11) is -2.66. The number of sulfonamides is 1. The number of hydrogen-bond donors (Lipinski definition) is 0. The van der Waals surface area contributed by atoms with E-state index in [1.807, 2.05) is 4.90 Å². The van der Waals surface area contributed by atoms with Crippen LogP contribution in [0.25, 0.3) is 0 Å². The number of amides is 2. The van der Waals surface area contributed by atoms with Gasteiger partial charge in [0.05, 0.1) is 29.0 Å². The first-order chi connectivity index (χ1) is 15.7. The summed E-state index contributed by atoms with van der Waals surface area (Å²) in [5.41, 5.74) is -0.955. The number of nitrogens with zero attached hydrogens (tertiary/aromatic N) is 4. The van der Waals surface area contributed by atoms with Gasteiger partial charge in [-0.15, -0.1) is 0 Å². The maximum atomic E-state index is 13.0. The Morgan fingerprint density at radius 3 is 2.36 bits per heavy atom. The van der Waals surface area contributed by atoms with Gasteiger partial charge in [0.15, 0.2) is 5.75 Å². The highest BCUT2D eigenvalue weighted by molar-refractivity contribution is 7.89. The summed E-state index contributed by atoms with van der Waals surface area (Å²) in [6, 6.07) is 3.57. The average Bonchev–Trinajstić information content (AvgIpc) is 3.03. The second-order valence-electron chi connectivity index (χ2n) is 8.90. The second kappa shape index (κ2) is 8.99. The van der Waals surface area contributed by atoms with E-state index >= 15 is 0 Å². The van der Waals surface area contributed by atoms with Crippen LogP contribution in [-0.2, 0) is 19.6 Å². The second-order valence-corrected chi connectivity index (χ2v) is 10.8. The third-order valence-electron chi connectivity index (χ3n) is 6.96. The fourth-order valence-corrected chi connectivity index (χ4v) is 6.50. The average molecular weight is 481 g/mol. The molecule has 1 aliphatic carbocycles. The predicted molar refractivity (Wildman–Crippen MR) is 117 cm³/mol. The van der Waals surface area contributed by atoms with Crippen molar-refractivity contribution in [3.63, 3.8) is 0 Å². The number of imide groups is 1. The standard InChI is InChI=1S/C21H28N4O7S/c1-32-18-6-5-16(13-17(18)25(28)29)33(30,31)23-11-9-22(10-12-23)15-24-19(26)14-21(20(24)27)7-3-2-4-8-21/h5-6,13H,2-4,7-12,14-15H2,1H3. The molecule has 180 valence electrons. The van der Waals surface area contributed by atoms with Crippen LogP contribution in [0.3, 0.4) is 0 Å². The van der Waals surface area contributed by atoms with E-state index < -0.39 is 26.0 Å². The van der Waals surface area contributed by atoms with Crippen molar-refractivity contribution in [2.45, 2.75) is 43.4 Å². The largest absolute Gasteiger partial charge is 0.490 e. The quantitative estimate of drug-likeness (QED) is 0.341. The van der Waals surface area contributed by atoms with Gasteiger partial charge in [-0.3, -0.25) is 29.5 Å². The van der Waals surface area contributed by atoms with Gasteiger partial charge in [0.25, 0.3) is 0 Å². The summed E-state index contributed by atoms with van der Waals surface area (Å²) in [6.07, 6.45) is 4.81. The Morgan fingerprint density at radius 2 is 1.76 bits per heavy atom. The third-order valence-corrected chi connectivity index (χ3v) is 8.85. The number of carbonyl (C=O) groups is 2. The van der Waals surface area contributed by atoms with Gasteiger partial charge in [-0.05, 0) is 25.0 Å². The van der Waals surface area contributed by atoms with Crippen LogP contribution < -0.4 is 4.74 Å². The molecule has 0 N–H and O–H groups in total. The van der Waals surface area contributed by atoms with Gasteiger partial charge in [0.2, 0.25) is 21.8 Å². The predicted octanol–water partition coefficient (Wildman–Crippen LogP) is 1.58. The molecule has 2 aliphatic heterocycles. The summed E-state index contributed by atoms with van der Waals surface area (Å²) in [5, 5.41) is 11.3. The van der Waals surface area contributed by atoms with Gasteiger partial charge in [0.1, 0.15) is 0 Å². The molecule has 4 rings (SSSR count). The van der Waals surface area contributed by atoms with E-state index in [4.69, 9.17) is 4.74 Å². The highest BCUT2D eigenvalue weighted by Crippen LogP contribution is 2.45. The van der Waals surface area contributed by atoms with Gasteiger partial charge in [-0.25, -0.2) is 8.42 Å². The van der Waals surface area contributed by atoms with Crippen molar-refractivity contribution in [2.24, 2.45) is 5.41 Å². The van der Waals surface area contributed by atoms with E-state index in [0.29, 0.717) is 13.1 Å². The Hall–Kier alpha value is -2.57. The minimum absolute atomic E-state index is 0.0144. The van der Waals surface area contributed by atoms with Gasteiger partial charge in [-0.1, -0.05) is 19.3 Å². The summed E-state index contributed by atoms with van der Waals surface area (Å²) in [4.78, 5) is 39.3. The number of methoxy groups -OCH3 is 1. The number of hydrogen-bond acceptors (Lipinski definition) is 8. The smallest absolute Gasteiger partial charge is 0.312 e. The van der Waals surface area contributed by atoms with E-state index in [0.717, 1.165) is 38.2 Å². The lowest BCUT2D eigenvalue weighted by Crippen LogP contribution is -2.52. The molecule has 2 amide bonds. The Bertz CT molecular complexity index is 1060. The lowest BCUT2D eigenvalue weighted by molar-refractivity contribution is -0.386. The highest BCUT2D eigenvalue weighted by Gasteiger charge is 2.51. The molecule has 3 aliphatic rings. The van der Waals surface area contributed by atoms with Gasteiger partial charge < -0.3 is 4.74 Å². The number of rotatable bonds is 6. The minimum atomic E-state index is -3.94. The zero-order chi connectivity index (χ0) is 23.8. The van der Waals surface area contributed by atoms with Crippen LogP contribution in [0.15, 0.2) is 23.1 Å². The van der Waals surface area contributed by atoms with E-state index in [-0.39, 0.29) is 48.6 Å². The molecule has 3 fully saturated rings. The van der Waals surface area contributed by atoms with Crippen molar-refractivity contribution < 1.29 is 27.7 Å². The molecule has 11 nitrogen and oxygen atoms in total. The Kier molecular flexibility index (Phi) is 6.43. The Balaban J connectivity index is 1.41. The van der Waals surface area contributed by atoms with E-state index in [2.05, 4.69) is 0 Å². The van der Waals surface area contributed by atoms with Crippen LogP contribution >= 0.6 is 0 Å². The summed E-state index contributed by atoms with van der Waals surface area (Å²) in [6.45, 7) is 1.18. The monoisotopic (exact) mass is 480 g/mol. The van der Waals surface area contributed by atoms with Gasteiger partial charge in [0, 0.05) is 38.7 Å². The molecule has 0 bridgehead atoms. The van der Waals surface area contributed by atoms with E-state index in [9.17, 15) is 28.1 Å². The van der Waals surface area contributed by atoms with Crippen LogP contribution in [0.5, 0.6) is 5.75 Å². The van der Waals surface area contributed by atoms with Crippen LogP contribution in [0.4, 0.5) is 5.69 Å². The van der Waals surface area contributed by atoms with Gasteiger partial charge >= 0.3 is 5.69 Å². The van der Waals surface area contributed by atoms with Crippen LogP contribution in [0.2, 0.25) is 0 Å². The van der Waals surface area contributed by atoms with Crippen molar-refractivity contribution in [1.29, 1.82) is 0 Å². The first-order valence-corrected chi connectivity index (χ1v) is 12.5. The molecule has 2 heterocycles. The van der Waals surface area contributed by atoms with Crippen molar-refractivity contribution >= 4 is 27.5 Å². The molecule has 1 aromatic carbocycles. The van der Waals surface area contributed by atoms with E-state index in [1.165, 1.54) is 28.4 Å². The molecule has 1 saturated carbocycles. The van der Waals surface area contributed by atoms with Crippen molar-refractivity contribution in [3.8, 4) is 5.75 Å². The molecular formula is C21H28N4O7S. The van der Waals surface area contributed by atoms with E-state index in [1.54, 1.807) is 0 Å². The highest BCUT2D eigenvalue weighted by atomic mass is 32.2. The molecule has 33 heavy (non-hydrogen) atoms. The Labute approximate surface area is 192 Å². The molecule has 1 aromatic rings.